The molecular weight excluding hydrogens is 228 g/mol. The van der Waals surface area contributed by atoms with Gasteiger partial charge in [0.05, 0.1) is 6.04 Å². The number of pyridine rings is 1. The highest BCUT2D eigenvalue weighted by atomic mass is 16.1. The predicted octanol–water partition coefficient (Wildman–Crippen LogP) is 1.16. The fourth-order valence-corrected chi connectivity index (χ4v) is 2.04. The zero-order valence-corrected chi connectivity index (χ0v) is 10.6. The van der Waals surface area contributed by atoms with Crippen LogP contribution in [-0.2, 0) is 11.3 Å². The predicted molar refractivity (Wildman–Crippen MR) is 70.8 cm³/mol. The molecule has 2 heterocycles. The largest absolute Gasteiger partial charge is 0.368 e. The standard InChI is InChI=1S/C13H18N4O/c1-8(2)11(12(14)18)16-6-9-7-17-13-10(9)4-3-5-15-13/h3-5,7-8,11,16H,6H2,1-2H3,(H2,14,18)(H,15,17). The van der Waals surface area contributed by atoms with Crippen LogP contribution in [-0.4, -0.2) is 21.9 Å². The van der Waals surface area contributed by atoms with Gasteiger partial charge in [-0.1, -0.05) is 13.8 Å². The van der Waals surface area contributed by atoms with Gasteiger partial charge in [0.2, 0.25) is 5.91 Å². The first-order valence-corrected chi connectivity index (χ1v) is 6.03. The molecule has 96 valence electrons. The summed E-state index contributed by atoms with van der Waals surface area (Å²) in [6.07, 6.45) is 3.65. The van der Waals surface area contributed by atoms with Gasteiger partial charge in [0.15, 0.2) is 0 Å². The lowest BCUT2D eigenvalue weighted by atomic mass is 10.0. The minimum Gasteiger partial charge on any atom is -0.368 e. The number of aromatic nitrogens is 2. The Balaban J connectivity index is 2.12. The molecule has 0 fully saturated rings. The Morgan fingerprint density at radius 1 is 1.56 bits per heavy atom. The summed E-state index contributed by atoms with van der Waals surface area (Å²) in [5.74, 6) is -0.145. The monoisotopic (exact) mass is 246 g/mol. The Morgan fingerprint density at radius 2 is 2.33 bits per heavy atom. The van der Waals surface area contributed by atoms with Crippen molar-refractivity contribution in [1.29, 1.82) is 0 Å². The van der Waals surface area contributed by atoms with Gasteiger partial charge in [0, 0.05) is 24.3 Å². The van der Waals surface area contributed by atoms with Crippen LogP contribution >= 0.6 is 0 Å². The number of aromatic amines is 1. The maximum Gasteiger partial charge on any atom is 0.234 e. The van der Waals surface area contributed by atoms with Crippen LogP contribution in [0.1, 0.15) is 19.4 Å². The third-order valence-corrected chi connectivity index (χ3v) is 3.02. The molecule has 1 atom stereocenters. The van der Waals surface area contributed by atoms with Crippen molar-refractivity contribution in [3.8, 4) is 0 Å². The van der Waals surface area contributed by atoms with Crippen molar-refractivity contribution in [2.75, 3.05) is 0 Å². The lowest BCUT2D eigenvalue weighted by molar-refractivity contribution is -0.121. The van der Waals surface area contributed by atoms with E-state index in [4.69, 9.17) is 5.73 Å². The average molecular weight is 246 g/mol. The average Bonchev–Trinajstić information content (AvgIpc) is 2.72. The van der Waals surface area contributed by atoms with Gasteiger partial charge in [-0.2, -0.15) is 0 Å². The molecule has 0 bridgehead atoms. The molecule has 0 aliphatic carbocycles. The highest BCUT2D eigenvalue weighted by Gasteiger charge is 2.18. The highest BCUT2D eigenvalue weighted by molar-refractivity contribution is 5.81. The fourth-order valence-electron chi connectivity index (χ4n) is 2.04. The summed E-state index contributed by atoms with van der Waals surface area (Å²) in [5.41, 5.74) is 7.31. The van der Waals surface area contributed by atoms with Gasteiger partial charge in [0.25, 0.3) is 0 Å². The molecule has 18 heavy (non-hydrogen) atoms. The molecule has 5 heteroatoms. The summed E-state index contributed by atoms with van der Waals surface area (Å²) in [7, 11) is 0. The van der Waals surface area contributed by atoms with Crippen LogP contribution in [0.4, 0.5) is 0 Å². The summed E-state index contributed by atoms with van der Waals surface area (Å²) >= 11 is 0. The molecule has 5 nitrogen and oxygen atoms in total. The van der Waals surface area contributed by atoms with Gasteiger partial charge < -0.3 is 16.0 Å². The third-order valence-electron chi connectivity index (χ3n) is 3.02. The van der Waals surface area contributed by atoms with Crippen molar-refractivity contribution in [1.82, 2.24) is 15.3 Å². The van der Waals surface area contributed by atoms with Crippen molar-refractivity contribution in [3.05, 3.63) is 30.1 Å². The minimum atomic E-state index is -0.317. The number of nitrogens with two attached hydrogens (primary N) is 1. The summed E-state index contributed by atoms with van der Waals surface area (Å²) in [6, 6.07) is 3.59. The summed E-state index contributed by atoms with van der Waals surface area (Å²) in [5, 5.41) is 4.26. The Labute approximate surface area is 106 Å². The number of amides is 1. The second-order valence-corrected chi connectivity index (χ2v) is 4.72. The number of fused-ring (bicyclic) bond motifs is 1. The smallest absolute Gasteiger partial charge is 0.234 e. The molecule has 0 aromatic carbocycles. The van der Waals surface area contributed by atoms with Crippen molar-refractivity contribution in [3.63, 3.8) is 0 Å². The Bertz CT molecular complexity index is 547. The molecule has 0 spiro atoms. The molecule has 1 unspecified atom stereocenters. The van der Waals surface area contributed by atoms with Gasteiger partial charge in [-0.15, -0.1) is 0 Å². The summed E-state index contributed by atoms with van der Waals surface area (Å²) in [4.78, 5) is 18.6. The summed E-state index contributed by atoms with van der Waals surface area (Å²) in [6.45, 7) is 4.54. The van der Waals surface area contributed by atoms with Gasteiger partial charge >= 0.3 is 0 Å². The third kappa shape index (κ3) is 2.51. The van der Waals surface area contributed by atoms with E-state index in [9.17, 15) is 4.79 Å². The summed E-state index contributed by atoms with van der Waals surface area (Å²) < 4.78 is 0. The molecular formula is C13H18N4O. The van der Waals surface area contributed by atoms with E-state index in [-0.39, 0.29) is 17.9 Å². The zero-order chi connectivity index (χ0) is 13.1. The number of primary amides is 1. The topological polar surface area (TPSA) is 83.8 Å². The molecule has 0 radical (unpaired) electrons. The van der Waals surface area contributed by atoms with Gasteiger partial charge in [-0.25, -0.2) is 4.98 Å². The Morgan fingerprint density at radius 3 is 3.00 bits per heavy atom. The SMILES string of the molecule is CC(C)C(NCc1c[nH]c2ncccc12)C(N)=O. The number of nitrogens with zero attached hydrogens (tertiary/aromatic N) is 1. The van der Waals surface area contributed by atoms with Crippen LogP contribution < -0.4 is 11.1 Å². The molecule has 0 aliphatic rings. The lowest BCUT2D eigenvalue weighted by Crippen LogP contribution is -2.44. The van der Waals surface area contributed by atoms with E-state index in [0.29, 0.717) is 6.54 Å². The molecule has 2 aromatic rings. The second-order valence-electron chi connectivity index (χ2n) is 4.72. The number of H-pyrrole nitrogens is 1. The first-order valence-electron chi connectivity index (χ1n) is 6.03. The molecule has 2 aromatic heterocycles. The molecule has 1 amide bonds. The number of nitrogens with one attached hydrogen (secondary N) is 2. The van der Waals surface area contributed by atoms with Crippen molar-refractivity contribution in [2.24, 2.45) is 11.7 Å². The van der Waals surface area contributed by atoms with Crippen LogP contribution in [0.15, 0.2) is 24.5 Å². The minimum absolute atomic E-state index is 0.172. The van der Waals surface area contributed by atoms with Crippen molar-refractivity contribution >= 4 is 16.9 Å². The highest BCUT2D eigenvalue weighted by Crippen LogP contribution is 2.15. The lowest BCUT2D eigenvalue weighted by Gasteiger charge is -2.18. The maximum atomic E-state index is 11.3. The number of carbonyl (C=O) groups is 1. The zero-order valence-electron chi connectivity index (χ0n) is 10.6. The Hall–Kier alpha value is -1.88. The molecule has 2 rings (SSSR count). The number of hydrogen-bond acceptors (Lipinski definition) is 3. The first kappa shape index (κ1) is 12.6. The fraction of sp³-hybridized carbons (Fsp3) is 0.385. The van der Waals surface area contributed by atoms with Gasteiger partial charge in [0.1, 0.15) is 5.65 Å². The van der Waals surface area contributed by atoms with Crippen LogP contribution in [0.3, 0.4) is 0 Å². The number of hydrogen-bond donors (Lipinski definition) is 3. The van der Waals surface area contributed by atoms with E-state index in [2.05, 4.69) is 15.3 Å². The van der Waals surface area contributed by atoms with Gasteiger partial charge in [-0.3, -0.25) is 4.79 Å². The number of carbonyl (C=O) groups excluding carboxylic acids is 1. The van der Waals surface area contributed by atoms with E-state index in [1.54, 1.807) is 6.20 Å². The quantitative estimate of drug-likeness (QED) is 0.740. The van der Waals surface area contributed by atoms with E-state index >= 15 is 0 Å². The van der Waals surface area contributed by atoms with E-state index in [1.807, 2.05) is 32.2 Å². The second kappa shape index (κ2) is 5.18. The first-order chi connectivity index (χ1) is 8.59. The Kier molecular flexibility index (Phi) is 3.62. The van der Waals surface area contributed by atoms with Crippen LogP contribution in [0, 0.1) is 5.92 Å². The maximum absolute atomic E-state index is 11.3. The molecule has 0 aliphatic heterocycles. The normalized spacial score (nSPS) is 13.1. The van der Waals surface area contributed by atoms with E-state index in [0.717, 1.165) is 16.6 Å². The van der Waals surface area contributed by atoms with Crippen LogP contribution in [0.2, 0.25) is 0 Å². The molecule has 0 saturated carbocycles. The van der Waals surface area contributed by atoms with E-state index < -0.39 is 0 Å². The van der Waals surface area contributed by atoms with Crippen LogP contribution in [0.25, 0.3) is 11.0 Å². The van der Waals surface area contributed by atoms with Crippen molar-refractivity contribution in [2.45, 2.75) is 26.4 Å². The van der Waals surface area contributed by atoms with Crippen molar-refractivity contribution < 1.29 is 4.79 Å². The molecule has 0 saturated heterocycles. The van der Waals surface area contributed by atoms with Crippen LogP contribution in [0.5, 0.6) is 0 Å². The molecule has 4 N–H and O–H groups in total. The number of rotatable bonds is 5. The van der Waals surface area contributed by atoms with E-state index in [1.165, 1.54) is 0 Å². The van der Waals surface area contributed by atoms with Gasteiger partial charge in [-0.05, 0) is 23.6 Å².